The Morgan fingerprint density at radius 3 is 0.941 bits per heavy atom. The average Bonchev–Trinajstić information content (AvgIpc) is 1.65. The Kier molecular flexibility index (Phi) is 5.45. The maximum atomic E-state index is 2.49. The molecule has 0 aliphatic heterocycles. The summed E-state index contributed by atoms with van der Waals surface area (Å²) in [5.74, 6) is 0. The molecule has 0 aromatic carbocycles. The van der Waals surface area contributed by atoms with E-state index < -0.39 is 0 Å². The van der Waals surface area contributed by atoms with Gasteiger partial charge in [-0.05, 0) is 0 Å². The van der Waals surface area contributed by atoms with Crippen molar-refractivity contribution < 1.29 is 0 Å². The van der Waals surface area contributed by atoms with Gasteiger partial charge in [-0.3, -0.25) is 0 Å². The molecule has 0 amide bonds. The molecule has 0 saturated carbocycles. The number of hydrogen-bond acceptors (Lipinski definition) is 0. The van der Waals surface area contributed by atoms with Crippen LogP contribution in [-0.4, -0.2) is 15.8 Å². The van der Waals surface area contributed by atoms with Gasteiger partial charge in [0.2, 0.25) is 0 Å². The first-order valence-electron chi connectivity index (χ1n) is 6.91. The molecule has 0 unspecified atom stereocenters. The van der Waals surface area contributed by atoms with Gasteiger partial charge in [0, 0.05) is 0 Å². The topological polar surface area (TPSA) is 0 Å². The van der Waals surface area contributed by atoms with Gasteiger partial charge in [0.15, 0.2) is 0 Å². The van der Waals surface area contributed by atoms with Crippen LogP contribution in [0.3, 0.4) is 0 Å². The van der Waals surface area contributed by atoms with Gasteiger partial charge in [-0.15, -0.1) is 0 Å². The maximum absolute atomic E-state index is 2.49. The minimum atomic E-state index is 0.0482. The van der Waals surface area contributed by atoms with E-state index in [0.717, 1.165) is 0 Å². The van der Waals surface area contributed by atoms with E-state index in [1.54, 1.807) is 0 Å². The van der Waals surface area contributed by atoms with E-state index >= 15 is 0 Å². The van der Waals surface area contributed by atoms with Gasteiger partial charge in [0.25, 0.3) is 0 Å². The fourth-order valence-electron chi connectivity index (χ4n) is 3.66. The molecule has 0 saturated heterocycles. The molecule has 0 aliphatic rings. The Morgan fingerprint density at radius 1 is 0.529 bits per heavy atom. The summed E-state index contributed by atoms with van der Waals surface area (Å²) in [6.07, 6.45) is 2.71. The Labute approximate surface area is 117 Å². The second kappa shape index (κ2) is 5.28. The van der Waals surface area contributed by atoms with Crippen molar-refractivity contribution in [3.05, 3.63) is 0 Å². The predicted octanol–water partition coefficient (Wildman–Crippen LogP) is 5.69. The summed E-state index contributed by atoms with van der Waals surface area (Å²) in [7, 11) is 0. The first-order valence-corrected chi connectivity index (χ1v) is 9.01. The quantitative estimate of drug-likeness (QED) is 0.585. The van der Waals surface area contributed by atoms with Gasteiger partial charge in [-0.1, -0.05) is 0 Å². The van der Waals surface area contributed by atoms with Crippen LogP contribution in [0.4, 0.5) is 0 Å². The molecule has 0 bridgehead atoms. The SMILES string of the molecule is CC(C)(C)CC(C)(C)[AsH]C(C)(C)CC(C)(C)C. The zero-order chi connectivity index (χ0) is 14.1. The number of hydrogen-bond donors (Lipinski definition) is 0. The molecule has 0 heterocycles. The van der Waals surface area contributed by atoms with Crippen LogP contribution in [0.15, 0.2) is 0 Å². The van der Waals surface area contributed by atoms with E-state index in [1.165, 1.54) is 12.8 Å². The first kappa shape index (κ1) is 17.6. The first-order chi connectivity index (χ1) is 7.12. The number of rotatable bonds is 4. The average molecular weight is 302 g/mol. The molecule has 0 aliphatic carbocycles. The summed E-state index contributed by atoms with van der Waals surface area (Å²) < 4.78 is 1.12. The van der Waals surface area contributed by atoms with Crippen LogP contribution in [0.5, 0.6) is 0 Å². The van der Waals surface area contributed by atoms with Crippen molar-refractivity contribution in [2.24, 2.45) is 10.8 Å². The normalized spacial score (nSPS) is 15.2. The summed E-state index contributed by atoms with van der Waals surface area (Å²) >= 11 is 0.0482. The summed E-state index contributed by atoms with van der Waals surface area (Å²) in [6.45, 7) is 24.2. The van der Waals surface area contributed by atoms with Gasteiger partial charge in [0.1, 0.15) is 0 Å². The van der Waals surface area contributed by atoms with Gasteiger partial charge < -0.3 is 0 Å². The molecule has 104 valence electrons. The Balaban J connectivity index is 4.59. The standard InChI is InChI=1S/C16H35As/c1-13(2,3)11-15(7,8)17-16(9,10)12-14(4,5)6/h17H,11-12H2,1-10H3. The van der Waals surface area contributed by atoms with E-state index in [2.05, 4.69) is 69.2 Å². The summed E-state index contributed by atoms with van der Waals surface area (Å²) in [4.78, 5) is 0. The predicted molar refractivity (Wildman–Crippen MR) is 83.4 cm³/mol. The van der Waals surface area contributed by atoms with E-state index in [-0.39, 0.29) is 15.8 Å². The van der Waals surface area contributed by atoms with Crippen molar-refractivity contribution in [3.63, 3.8) is 0 Å². The molecule has 0 spiro atoms. The van der Waals surface area contributed by atoms with Crippen molar-refractivity contribution in [2.45, 2.75) is 90.5 Å². The second-order valence-corrected chi connectivity index (χ2v) is 15.6. The molecule has 0 fully saturated rings. The molecule has 1 heteroatoms. The van der Waals surface area contributed by atoms with Crippen molar-refractivity contribution in [1.29, 1.82) is 0 Å². The van der Waals surface area contributed by atoms with Crippen LogP contribution in [0.1, 0.15) is 82.1 Å². The monoisotopic (exact) mass is 302 g/mol. The summed E-state index contributed by atoms with van der Waals surface area (Å²) in [5.41, 5.74) is 0.926. The molecular weight excluding hydrogens is 267 g/mol. The van der Waals surface area contributed by atoms with Gasteiger partial charge in [-0.2, -0.15) is 0 Å². The second-order valence-electron chi connectivity index (χ2n) is 9.37. The molecular formula is C16H35As. The molecule has 0 rings (SSSR count). The van der Waals surface area contributed by atoms with Crippen LogP contribution in [0, 0.1) is 10.8 Å². The van der Waals surface area contributed by atoms with Crippen LogP contribution < -0.4 is 0 Å². The van der Waals surface area contributed by atoms with Crippen molar-refractivity contribution in [3.8, 4) is 0 Å². The fourth-order valence-corrected chi connectivity index (χ4v) is 10.1. The molecule has 0 nitrogen and oxygen atoms in total. The van der Waals surface area contributed by atoms with Gasteiger partial charge >= 0.3 is 117 Å². The van der Waals surface area contributed by atoms with E-state index in [1.807, 2.05) is 0 Å². The van der Waals surface area contributed by atoms with E-state index in [0.29, 0.717) is 19.2 Å². The third-order valence-corrected chi connectivity index (χ3v) is 6.20. The molecule has 17 heavy (non-hydrogen) atoms. The molecule has 0 N–H and O–H groups in total. The van der Waals surface area contributed by atoms with Crippen LogP contribution in [-0.2, 0) is 0 Å². The van der Waals surface area contributed by atoms with Crippen LogP contribution >= 0.6 is 0 Å². The Bertz CT molecular complexity index is 209. The van der Waals surface area contributed by atoms with Gasteiger partial charge in [-0.25, -0.2) is 0 Å². The zero-order valence-corrected chi connectivity index (χ0v) is 16.0. The van der Waals surface area contributed by atoms with Crippen LogP contribution in [0.2, 0.25) is 8.41 Å². The van der Waals surface area contributed by atoms with E-state index in [9.17, 15) is 0 Å². The van der Waals surface area contributed by atoms with Crippen LogP contribution in [0.25, 0.3) is 0 Å². The van der Waals surface area contributed by atoms with E-state index in [4.69, 9.17) is 0 Å². The molecule has 0 aromatic heterocycles. The summed E-state index contributed by atoms with van der Waals surface area (Å²) in [5, 5.41) is 0. The fraction of sp³-hybridized carbons (Fsp3) is 1.00. The Hall–Kier alpha value is 0.558. The molecule has 0 atom stereocenters. The third kappa shape index (κ3) is 10.2. The molecule has 0 aromatic rings. The summed E-state index contributed by atoms with van der Waals surface area (Å²) in [6, 6.07) is 0. The van der Waals surface area contributed by atoms with Gasteiger partial charge in [0.05, 0.1) is 0 Å². The Morgan fingerprint density at radius 2 is 0.765 bits per heavy atom. The van der Waals surface area contributed by atoms with Crippen molar-refractivity contribution >= 4 is 15.8 Å². The van der Waals surface area contributed by atoms with Crippen molar-refractivity contribution in [2.75, 3.05) is 0 Å². The third-order valence-electron chi connectivity index (χ3n) is 2.62. The molecule has 0 radical (unpaired) electrons. The zero-order valence-electron chi connectivity index (χ0n) is 13.9. The van der Waals surface area contributed by atoms with Crippen molar-refractivity contribution in [1.82, 2.24) is 0 Å². The minimum absolute atomic E-state index is 0.0482.